The summed E-state index contributed by atoms with van der Waals surface area (Å²) in [6.45, 7) is 2.01. The van der Waals surface area contributed by atoms with Crippen LogP contribution in [-0.4, -0.2) is 4.98 Å². The minimum absolute atomic E-state index is 0.342. The second kappa shape index (κ2) is 7.42. The molecule has 0 aliphatic rings. The highest BCUT2D eigenvalue weighted by atomic mass is 19.1. The van der Waals surface area contributed by atoms with Crippen LogP contribution in [0.4, 0.5) is 15.8 Å². The van der Waals surface area contributed by atoms with Crippen LogP contribution in [0, 0.1) is 12.7 Å². The maximum atomic E-state index is 15.3. The molecular formula is C24H19FN2. The lowest BCUT2D eigenvalue weighted by molar-refractivity contribution is 0.630. The first-order valence-corrected chi connectivity index (χ1v) is 8.86. The van der Waals surface area contributed by atoms with Crippen molar-refractivity contribution in [2.45, 2.75) is 6.92 Å². The van der Waals surface area contributed by atoms with E-state index in [9.17, 15) is 0 Å². The molecule has 0 bridgehead atoms. The second-order valence-corrected chi connectivity index (χ2v) is 6.44. The molecule has 0 aliphatic heterocycles. The van der Waals surface area contributed by atoms with Gasteiger partial charge < -0.3 is 5.32 Å². The lowest BCUT2D eigenvalue weighted by Crippen LogP contribution is -2.00. The van der Waals surface area contributed by atoms with Crippen LogP contribution in [0.5, 0.6) is 0 Å². The van der Waals surface area contributed by atoms with E-state index in [1.165, 1.54) is 0 Å². The van der Waals surface area contributed by atoms with Gasteiger partial charge in [0.2, 0.25) is 0 Å². The van der Waals surface area contributed by atoms with Crippen molar-refractivity contribution in [1.82, 2.24) is 4.98 Å². The van der Waals surface area contributed by atoms with Gasteiger partial charge in [0.25, 0.3) is 0 Å². The number of nitrogens with one attached hydrogen (secondary N) is 1. The molecule has 3 heteroatoms. The van der Waals surface area contributed by atoms with Crippen molar-refractivity contribution >= 4 is 11.4 Å². The Morgan fingerprint density at radius 3 is 2.04 bits per heavy atom. The Hall–Kier alpha value is -3.46. The van der Waals surface area contributed by atoms with Crippen LogP contribution >= 0.6 is 0 Å². The number of hydrogen-bond donors (Lipinski definition) is 1. The van der Waals surface area contributed by atoms with Gasteiger partial charge in [0, 0.05) is 16.8 Å². The smallest absolute Gasteiger partial charge is 0.172 e. The molecule has 1 heterocycles. The average molecular weight is 354 g/mol. The number of hydrogen-bond acceptors (Lipinski definition) is 2. The molecule has 0 radical (unpaired) electrons. The molecule has 3 aromatic carbocycles. The number of rotatable bonds is 4. The van der Waals surface area contributed by atoms with Crippen LogP contribution in [0.25, 0.3) is 22.5 Å². The first-order valence-electron chi connectivity index (χ1n) is 8.86. The first kappa shape index (κ1) is 17.0. The summed E-state index contributed by atoms with van der Waals surface area (Å²) < 4.78 is 15.3. The number of benzene rings is 3. The van der Waals surface area contributed by atoms with Gasteiger partial charge in [0.05, 0.1) is 11.4 Å². The molecule has 0 unspecified atom stereocenters. The van der Waals surface area contributed by atoms with E-state index in [0.717, 1.165) is 28.1 Å². The van der Waals surface area contributed by atoms with Crippen LogP contribution < -0.4 is 5.32 Å². The Morgan fingerprint density at radius 2 is 1.37 bits per heavy atom. The van der Waals surface area contributed by atoms with E-state index < -0.39 is 0 Å². The Balaban J connectivity index is 1.87. The zero-order chi connectivity index (χ0) is 18.6. The number of anilines is 2. The molecule has 0 saturated carbocycles. The molecule has 2 nitrogen and oxygen atoms in total. The van der Waals surface area contributed by atoms with E-state index in [1.54, 1.807) is 6.07 Å². The number of aromatic nitrogens is 1. The summed E-state index contributed by atoms with van der Waals surface area (Å²) in [6.07, 6.45) is 0. The predicted octanol–water partition coefficient (Wildman–Crippen LogP) is 6.61. The van der Waals surface area contributed by atoms with E-state index in [1.807, 2.05) is 91.9 Å². The van der Waals surface area contributed by atoms with Gasteiger partial charge in [-0.15, -0.1) is 0 Å². The summed E-state index contributed by atoms with van der Waals surface area (Å²) in [7, 11) is 0. The summed E-state index contributed by atoms with van der Waals surface area (Å²) in [6, 6.07) is 28.9. The van der Waals surface area contributed by atoms with E-state index in [0.29, 0.717) is 11.4 Å². The van der Waals surface area contributed by atoms with E-state index in [4.69, 9.17) is 0 Å². The van der Waals surface area contributed by atoms with Crippen molar-refractivity contribution in [3.05, 3.63) is 102 Å². The van der Waals surface area contributed by atoms with E-state index >= 15 is 4.39 Å². The normalized spacial score (nSPS) is 10.6. The van der Waals surface area contributed by atoms with Gasteiger partial charge in [0.1, 0.15) is 5.69 Å². The fourth-order valence-electron chi connectivity index (χ4n) is 2.96. The fraction of sp³-hybridized carbons (Fsp3) is 0.0417. The largest absolute Gasteiger partial charge is 0.353 e. The van der Waals surface area contributed by atoms with Crippen LogP contribution in [-0.2, 0) is 0 Å². The highest BCUT2D eigenvalue weighted by Gasteiger charge is 2.15. The zero-order valence-electron chi connectivity index (χ0n) is 15.0. The monoisotopic (exact) mass is 354 g/mol. The third-order valence-electron chi connectivity index (χ3n) is 4.41. The van der Waals surface area contributed by atoms with Gasteiger partial charge in [-0.3, -0.25) is 0 Å². The maximum Gasteiger partial charge on any atom is 0.172 e. The van der Waals surface area contributed by atoms with Crippen LogP contribution in [0.2, 0.25) is 0 Å². The number of para-hydroxylation sites is 1. The summed E-state index contributed by atoms with van der Waals surface area (Å²) in [4.78, 5) is 4.63. The second-order valence-electron chi connectivity index (χ2n) is 6.44. The number of aryl methyl sites for hydroxylation is 1. The third kappa shape index (κ3) is 3.72. The molecule has 27 heavy (non-hydrogen) atoms. The Kier molecular flexibility index (Phi) is 4.67. The van der Waals surface area contributed by atoms with Gasteiger partial charge in [-0.05, 0) is 25.1 Å². The number of nitrogens with zero attached hydrogens (tertiary/aromatic N) is 1. The minimum Gasteiger partial charge on any atom is -0.353 e. The van der Waals surface area contributed by atoms with Gasteiger partial charge in [-0.25, -0.2) is 9.37 Å². The molecule has 1 aromatic heterocycles. The molecule has 0 atom stereocenters. The molecule has 132 valence electrons. The molecule has 1 N–H and O–H groups in total. The minimum atomic E-state index is -0.359. The lowest BCUT2D eigenvalue weighted by atomic mass is 10.1. The SMILES string of the molecule is Cc1ccc(-c2nc(-c3ccccc3)cc(Nc3ccccc3)c2F)cc1. The van der Waals surface area contributed by atoms with E-state index in [-0.39, 0.29) is 5.82 Å². The quantitative estimate of drug-likeness (QED) is 0.446. The molecule has 0 saturated heterocycles. The van der Waals surface area contributed by atoms with Crippen LogP contribution in [0.1, 0.15) is 5.56 Å². The highest BCUT2D eigenvalue weighted by molar-refractivity contribution is 5.75. The molecule has 0 amide bonds. The first-order chi connectivity index (χ1) is 13.2. The predicted molar refractivity (Wildman–Crippen MR) is 110 cm³/mol. The van der Waals surface area contributed by atoms with Crippen molar-refractivity contribution in [3.8, 4) is 22.5 Å². The summed E-state index contributed by atoms with van der Waals surface area (Å²) in [5, 5.41) is 3.19. The van der Waals surface area contributed by atoms with Crippen molar-refractivity contribution < 1.29 is 4.39 Å². The van der Waals surface area contributed by atoms with Gasteiger partial charge >= 0.3 is 0 Å². The van der Waals surface area contributed by atoms with Crippen LogP contribution in [0.3, 0.4) is 0 Å². The van der Waals surface area contributed by atoms with Gasteiger partial charge in [0.15, 0.2) is 5.82 Å². The van der Waals surface area contributed by atoms with Gasteiger partial charge in [-0.1, -0.05) is 78.4 Å². The molecule has 0 spiro atoms. The zero-order valence-corrected chi connectivity index (χ0v) is 15.0. The topological polar surface area (TPSA) is 24.9 Å². The van der Waals surface area contributed by atoms with Crippen molar-refractivity contribution in [1.29, 1.82) is 0 Å². The highest BCUT2D eigenvalue weighted by Crippen LogP contribution is 2.32. The number of pyridine rings is 1. The fourth-order valence-corrected chi connectivity index (χ4v) is 2.96. The van der Waals surface area contributed by atoms with Gasteiger partial charge in [-0.2, -0.15) is 0 Å². The van der Waals surface area contributed by atoms with Crippen molar-refractivity contribution in [2.24, 2.45) is 0 Å². The maximum absolute atomic E-state index is 15.3. The third-order valence-corrected chi connectivity index (χ3v) is 4.41. The molecule has 0 aliphatic carbocycles. The summed E-state index contributed by atoms with van der Waals surface area (Å²) in [5.74, 6) is -0.359. The lowest BCUT2D eigenvalue weighted by Gasteiger charge is -2.14. The molecule has 4 aromatic rings. The van der Waals surface area contributed by atoms with E-state index in [2.05, 4.69) is 10.3 Å². The van der Waals surface area contributed by atoms with Crippen molar-refractivity contribution in [2.75, 3.05) is 5.32 Å². The van der Waals surface area contributed by atoms with Crippen molar-refractivity contribution in [3.63, 3.8) is 0 Å². The molecule has 4 rings (SSSR count). The Labute approximate surface area is 158 Å². The number of halogens is 1. The Morgan fingerprint density at radius 1 is 0.741 bits per heavy atom. The molecular weight excluding hydrogens is 335 g/mol. The standard InChI is InChI=1S/C24H19FN2/c1-17-12-14-19(15-13-17)24-23(25)22(26-20-10-6-3-7-11-20)16-21(27-24)18-8-4-2-5-9-18/h2-16H,1H3,(H,26,27). The summed E-state index contributed by atoms with van der Waals surface area (Å²) >= 11 is 0. The average Bonchev–Trinajstić information content (AvgIpc) is 2.72. The van der Waals surface area contributed by atoms with Crippen LogP contribution in [0.15, 0.2) is 91.0 Å². The summed E-state index contributed by atoms with van der Waals surface area (Å²) in [5.41, 5.74) is 5.14. The molecule has 0 fully saturated rings. The Bertz CT molecular complexity index is 1040.